The van der Waals surface area contributed by atoms with Gasteiger partial charge < -0.3 is 2.87 Å². The highest BCUT2D eigenvalue weighted by atomic mass is 32.1. The molecule has 2 aliphatic rings. The number of hydrogen-bond acceptors (Lipinski definition) is 2. The summed E-state index contributed by atoms with van der Waals surface area (Å²) in [5.74, 6) is 2.29. The van der Waals surface area contributed by atoms with Gasteiger partial charge in [-0.15, -0.1) is 11.3 Å². The van der Waals surface area contributed by atoms with E-state index in [4.69, 9.17) is 0 Å². The van der Waals surface area contributed by atoms with E-state index >= 15 is 0 Å². The van der Waals surface area contributed by atoms with Crippen molar-refractivity contribution in [2.75, 3.05) is 2.87 Å². The molecule has 0 saturated carbocycles. The Morgan fingerprint density at radius 2 is 1.19 bits per heavy atom. The fourth-order valence-electron chi connectivity index (χ4n) is 7.79. The van der Waals surface area contributed by atoms with Gasteiger partial charge in [0.25, 0.3) is 16.5 Å². The first-order chi connectivity index (χ1) is 20.7. The van der Waals surface area contributed by atoms with Crippen LogP contribution >= 0.6 is 11.3 Å². The van der Waals surface area contributed by atoms with E-state index in [0.29, 0.717) is 0 Å². The Morgan fingerprint density at radius 3 is 2.00 bits per heavy atom. The van der Waals surface area contributed by atoms with Crippen LogP contribution < -0.4 is 2.87 Å². The lowest BCUT2D eigenvalue weighted by molar-refractivity contribution is 0.796. The van der Waals surface area contributed by atoms with Crippen LogP contribution in [0.25, 0.3) is 53.6 Å². The summed E-state index contributed by atoms with van der Waals surface area (Å²) in [6.07, 6.45) is 0. The van der Waals surface area contributed by atoms with Gasteiger partial charge in [-0.25, -0.2) is 0 Å². The van der Waals surface area contributed by atoms with Crippen molar-refractivity contribution in [2.45, 2.75) is 11.2 Å². The van der Waals surface area contributed by atoms with Crippen molar-refractivity contribution in [3.63, 3.8) is 0 Å². The lowest BCUT2D eigenvalue weighted by Gasteiger charge is -2.33. The molecule has 0 saturated heterocycles. The third-order valence-corrected chi connectivity index (χ3v) is 12.5. The molecule has 1 spiro atoms. The minimum atomic E-state index is -0.399. The maximum Gasteiger partial charge on any atom is 0.338 e. The molecule has 0 amide bonds. The first-order valence-electron chi connectivity index (χ1n) is 14.4. The maximum atomic E-state index is 2.97. The van der Waals surface area contributed by atoms with E-state index in [0.717, 1.165) is 0 Å². The van der Waals surface area contributed by atoms with Gasteiger partial charge in [0.15, 0.2) is 0 Å². The molecule has 1 unspecified atom stereocenters. The molecule has 1 aromatic heterocycles. The number of benzene rings is 6. The quantitative estimate of drug-likeness (QED) is 0.188. The highest BCUT2D eigenvalue weighted by Gasteiger charge is 2.53. The summed E-state index contributed by atoms with van der Waals surface area (Å²) in [4.78, 5) is 0. The third-order valence-electron chi connectivity index (χ3n) is 9.36. The fraction of sp³-hybridized carbons (Fsp3) is 0.0526. The average molecular weight is 581 g/mol. The number of rotatable bonds is 3. The molecule has 3 radical (unpaired) electrons. The lowest BCUT2D eigenvalue weighted by Crippen LogP contribution is -2.27. The van der Waals surface area contributed by atoms with Crippen molar-refractivity contribution in [3.05, 3.63) is 150 Å². The molecule has 6 aromatic carbocycles. The Hall–Kier alpha value is -3.60. The van der Waals surface area contributed by atoms with Gasteiger partial charge in [0.1, 0.15) is 0 Å². The van der Waals surface area contributed by atoms with Crippen molar-refractivity contribution in [3.8, 4) is 33.4 Å². The standard InChI is InChI=1S/C37H21NS.CH3.2Al/c38-31-18-7-3-11-23(31)25-15-9-14-24-22-10-1-5-16-28(22)37(36(24)25)29-17-6-2-12-26(29)34-30(37)20-21-33-35(34)27-13-4-8-19-32(27)39-33;;;/h1-21H;1H3;;. The summed E-state index contributed by atoms with van der Waals surface area (Å²) >= 11 is 4.99. The van der Waals surface area contributed by atoms with Gasteiger partial charge in [0.2, 0.25) is 0 Å². The van der Waals surface area contributed by atoms with Gasteiger partial charge in [-0.2, -0.15) is 0 Å². The predicted molar refractivity (Wildman–Crippen MR) is 181 cm³/mol. The Balaban J connectivity index is 1.49. The SMILES string of the molecule is [CH3][Al][N]([Al])c1ccccc1-c1cccc2c1C1(c3ccccc3-2)c2ccccc2-c2c1ccc1sc3ccccc3c21. The van der Waals surface area contributed by atoms with Crippen LogP contribution in [0.2, 0.25) is 5.79 Å². The van der Waals surface area contributed by atoms with E-state index in [1.165, 1.54) is 81.5 Å². The summed E-state index contributed by atoms with van der Waals surface area (Å²) in [7, 11) is 0. The molecule has 42 heavy (non-hydrogen) atoms. The first kappa shape index (κ1) is 25.0. The number of nitrogens with zero attached hydrogens (tertiary/aromatic N) is 1. The summed E-state index contributed by atoms with van der Waals surface area (Å²) in [6.45, 7) is 0. The summed E-state index contributed by atoms with van der Waals surface area (Å²) in [5.41, 5.74) is 14.5. The van der Waals surface area contributed by atoms with Crippen molar-refractivity contribution in [1.29, 1.82) is 0 Å². The van der Waals surface area contributed by atoms with Crippen molar-refractivity contribution >= 4 is 69.1 Å². The molecule has 2 aliphatic carbocycles. The molecule has 9 rings (SSSR count). The molecule has 193 valence electrons. The summed E-state index contributed by atoms with van der Waals surface area (Å²) in [6, 6.07) is 48.0. The van der Waals surface area contributed by atoms with Crippen molar-refractivity contribution < 1.29 is 0 Å². The number of thiophene rings is 1. The molecule has 7 aromatic rings. The highest BCUT2D eigenvalue weighted by molar-refractivity contribution is 7.26. The van der Waals surface area contributed by atoms with Crippen LogP contribution in [0.1, 0.15) is 22.3 Å². The van der Waals surface area contributed by atoms with Crippen LogP contribution in [0.3, 0.4) is 0 Å². The number of anilines is 1. The van der Waals surface area contributed by atoms with E-state index in [-0.39, 0.29) is 15.4 Å². The molecule has 1 heterocycles. The molecular formula is C38H24Al2NS. The lowest BCUT2D eigenvalue weighted by atomic mass is 9.68. The normalized spacial score (nSPS) is 15.9. The van der Waals surface area contributed by atoms with Gasteiger partial charge in [0.05, 0.1) is 5.41 Å². The van der Waals surface area contributed by atoms with Crippen LogP contribution in [-0.2, 0) is 5.41 Å². The topological polar surface area (TPSA) is 3.24 Å². The molecule has 0 fully saturated rings. The van der Waals surface area contributed by atoms with Gasteiger partial charge in [-0.3, -0.25) is 0 Å². The largest absolute Gasteiger partial charge is 0.579 e. The van der Waals surface area contributed by atoms with Gasteiger partial charge in [-0.1, -0.05) is 115 Å². The zero-order valence-corrected chi connectivity index (χ0v) is 26.3. The van der Waals surface area contributed by atoms with E-state index in [1.807, 2.05) is 11.3 Å². The Morgan fingerprint density at radius 1 is 0.571 bits per heavy atom. The van der Waals surface area contributed by atoms with E-state index in [1.54, 1.807) is 0 Å². The number of fused-ring (bicyclic) bond motifs is 14. The molecular weight excluding hydrogens is 556 g/mol. The van der Waals surface area contributed by atoms with Crippen molar-refractivity contribution in [2.24, 2.45) is 0 Å². The second-order valence-corrected chi connectivity index (χ2v) is 14.5. The van der Waals surface area contributed by atoms with Gasteiger partial charge >= 0.3 is 15.4 Å². The fourth-order valence-corrected chi connectivity index (χ4v) is 9.63. The first-order valence-corrected chi connectivity index (χ1v) is 17.4. The van der Waals surface area contributed by atoms with Gasteiger partial charge in [0, 0.05) is 25.7 Å². The molecule has 0 aliphatic heterocycles. The Bertz CT molecular complexity index is 2230. The van der Waals surface area contributed by atoms with E-state index < -0.39 is 5.41 Å². The van der Waals surface area contributed by atoms with Crippen LogP contribution in [0, 0.1) is 0 Å². The van der Waals surface area contributed by atoms with Crippen LogP contribution in [0.5, 0.6) is 0 Å². The molecule has 1 atom stereocenters. The third kappa shape index (κ3) is 3.10. The van der Waals surface area contributed by atoms with E-state index in [9.17, 15) is 0 Å². The summed E-state index contributed by atoms with van der Waals surface area (Å²) < 4.78 is 5.07. The molecule has 0 N–H and O–H groups in total. The highest BCUT2D eigenvalue weighted by Crippen LogP contribution is 2.66. The Labute approximate surface area is 264 Å². The zero-order chi connectivity index (χ0) is 28.0. The second kappa shape index (κ2) is 9.20. The van der Waals surface area contributed by atoms with Crippen LogP contribution in [0.15, 0.2) is 127 Å². The molecule has 4 heteroatoms. The van der Waals surface area contributed by atoms with Gasteiger partial charge in [-0.05, 0) is 74.0 Å². The smallest absolute Gasteiger partial charge is 0.338 e. The molecule has 1 nitrogen and oxygen atoms in total. The zero-order valence-electron chi connectivity index (χ0n) is 23.1. The van der Waals surface area contributed by atoms with Crippen molar-refractivity contribution in [1.82, 2.24) is 0 Å². The predicted octanol–water partition coefficient (Wildman–Crippen LogP) is 9.62. The minimum Gasteiger partial charge on any atom is -0.579 e. The van der Waals surface area contributed by atoms with E-state index in [2.05, 4.69) is 153 Å². The summed E-state index contributed by atoms with van der Waals surface area (Å²) in [5, 5.41) is 2.75. The number of para-hydroxylation sites is 1. The van der Waals surface area contributed by atoms with Crippen LogP contribution in [0.4, 0.5) is 5.69 Å². The Kier molecular flexibility index (Phi) is 5.47. The minimum absolute atomic E-state index is 0.118. The maximum absolute atomic E-state index is 2.97. The monoisotopic (exact) mass is 580 g/mol. The number of hydrogen-bond donors (Lipinski definition) is 0. The second-order valence-electron chi connectivity index (χ2n) is 11.2. The average Bonchev–Trinajstić information content (AvgIpc) is 3.68. The molecule has 0 bridgehead atoms. The van der Waals surface area contributed by atoms with Crippen LogP contribution in [-0.4, -0.2) is 32.0 Å².